The Bertz CT molecular complexity index is 857. The Morgan fingerprint density at radius 3 is 3.04 bits per heavy atom. The number of likely N-dealkylation sites (tertiary alicyclic amines) is 1. The number of amides is 1. The van der Waals surface area contributed by atoms with Crippen molar-refractivity contribution in [2.75, 3.05) is 13.1 Å². The summed E-state index contributed by atoms with van der Waals surface area (Å²) >= 11 is 0. The molecule has 4 rings (SSSR count). The van der Waals surface area contributed by atoms with Gasteiger partial charge in [0.05, 0.1) is 18.5 Å². The number of carbonyl (C=O) groups is 1. The minimum Gasteiger partial charge on any atom is -0.471 e. The first kappa shape index (κ1) is 15.4. The smallest absolute Gasteiger partial charge is 0.274 e. The number of ether oxygens (including phenoxy) is 1. The number of nitrogens with one attached hydrogen (secondary N) is 1. The van der Waals surface area contributed by atoms with Gasteiger partial charge in [0.2, 0.25) is 5.88 Å². The molecule has 1 unspecified atom stereocenters. The zero-order chi connectivity index (χ0) is 17.2. The van der Waals surface area contributed by atoms with Crippen LogP contribution in [0.4, 0.5) is 0 Å². The molecule has 8 nitrogen and oxygen atoms in total. The number of aromatic nitrogens is 4. The molecule has 1 N–H and O–H groups in total. The van der Waals surface area contributed by atoms with Gasteiger partial charge in [0.1, 0.15) is 11.8 Å². The molecule has 8 heteroatoms. The van der Waals surface area contributed by atoms with Crippen LogP contribution in [0.1, 0.15) is 22.6 Å². The fourth-order valence-electron chi connectivity index (χ4n) is 2.78. The van der Waals surface area contributed by atoms with Crippen LogP contribution >= 0.6 is 0 Å². The summed E-state index contributed by atoms with van der Waals surface area (Å²) in [6.07, 6.45) is 2.23. The Morgan fingerprint density at radius 2 is 2.28 bits per heavy atom. The van der Waals surface area contributed by atoms with Crippen molar-refractivity contribution in [1.29, 1.82) is 0 Å². The number of hydrogen-bond donors (Lipinski definition) is 1. The Hall–Kier alpha value is -3.16. The van der Waals surface area contributed by atoms with E-state index in [9.17, 15) is 4.79 Å². The summed E-state index contributed by atoms with van der Waals surface area (Å²) in [5.41, 5.74) is 1.87. The van der Waals surface area contributed by atoms with Crippen LogP contribution in [0, 0.1) is 6.92 Å². The lowest BCUT2D eigenvalue weighted by Gasteiger charge is -2.15. The lowest BCUT2D eigenvalue weighted by Crippen LogP contribution is -2.31. The first-order chi connectivity index (χ1) is 12.2. The molecule has 3 aromatic heterocycles. The number of rotatable bonds is 4. The van der Waals surface area contributed by atoms with Crippen LogP contribution in [0.5, 0.6) is 5.88 Å². The van der Waals surface area contributed by atoms with Crippen LogP contribution in [0.2, 0.25) is 0 Å². The number of aromatic amines is 1. The molecule has 0 bridgehead atoms. The van der Waals surface area contributed by atoms with E-state index in [1.165, 1.54) is 0 Å². The van der Waals surface area contributed by atoms with Crippen molar-refractivity contribution in [3.8, 4) is 17.3 Å². The second kappa shape index (κ2) is 6.39. The number of nitrogens with zero attached hydrogens (tertiary/aromatic N) is 4. The van der Waals surface area contributed by atoms with Gasteiger partial charge in [-0.1, -0.05) is 0 Å². The first-order valence-electron chi connectivity index (χ1n) is 8.04. The number of carbonyl (C=O) groups excluding carboxylic acids is 1. The Labute approximate surface area is 143 Å². The fraction of sp³-hybridized carbons (Fsp3) is 0.294. The molecular formula is C17H17N5O3. The highest BCUT2D eigenvalue weighted by Crippen LogP contribution is 2.21. The molecule has 0 aliphatic carbocycles. The molecule has 3 aromatic rings. The predicted octanol–water partition coefficient (Wildman–Crippen LogP) is 2.06. The van der Waals surface area contributed by atoms with E-state index in [0.29, 0.717) is 36.1 Å². The Kier molecular flexibility index (Phi) is 3.93. The lowest BCUT2D eigenvalue weighted by molar-refractivity contribution is 0.0765. The molecule has 4 heterocycles. The highest BCUT2D eigenvalue weighted by Gasteiger charge is 2.30. The van der Waals surface area contributed by atoms with Gasteiger partial charge in [-0.2, -0.15) is 10.2 Å². The molecule has 128 valence electrons. The summed E-state index contributed by atoms with van der Waals surface area (Å²) < 4.78 is 11.1. The van der Waals surface area contributed by atoms with Gasteiger partial charge in [-0.25, -0.2) is 0 Å². The van der Waals surface area contributed by atoms with Crippen LogP contribution in [0.25, 0.3) is 11.5 Å². The van der Waals surface area contributed by atoms with Crippen LogP contribution in [0.3, 0.4) is 0 Å². The number of furan rings is 1. The second-order valence-electron chi connectivity index (χ2n) is 5.94. The summed E-state index contributed by atoms with van der Waals surface area (Å²) in [7, 11) is 0. The SMILES string of the molecule is Cc1ccc(OC2CCN(C(=O)c3cc(-c4ccco4)[nH]n3)C2)nn1. The quantitative estimate of drug-likeness (QED) is 0.781. The van der Waals surface area contributed by atoms with Crippen molar-refractivity contribution in [3.63, 3.8) is 0 Å². The summed E-state index contributed by atoms with van der Waals surface area (Å²) in [5, 5.41) is 14.9. The Balaban J connectivity index is 1.39. The molecule has 1 saturated heterocycles. The average molecular weight is 339 g/mol. The highest BCUT2D eigenvalue weighted by molar-refractivity contribution is 5.93. The van der Waals surface area contributed by atoms with Crippen molar-refractivity contribution < 1.29 is 13.9 Å². The predicted molar refractivity (Wildman–Crippen MR) is 88.0 cm³/mol. The number of hydrogen-bond acceptors (Lipinski definition) is 6. The van der Waals surface area contributed by atoms with E-state index in [1.54, 1.807) is 29.4 Å². The Morgan fingerprint density at radius 1 is 1.36 bits per heavy atom. The standard InChI is InChI=1S/C17H17N5O3/c1-11-4-5-16(21-18-11)25-12-6-7-22(10-12)17(23)14-9-13(19-20-14)15-3-2-8-24-15/h2-5,8-9,12H,6-7,10H2,1H3,(H,19,20). The van der Waals surface area contributed by atoms with Crippen LogP contribution in [-0.2, 0) is 0 Å². The third kappa shape index (κ3) is 3.23. The van der Waals surface area contributed by atoms with Crippen molar-refractivity contribution in [1.82, 2.24) is 25.3 Å². The molecule has 1 amide bonds. The average Bonchev–Trinajstić information content (AvgIpc) is 3.37. The maximum absolute atomic E-state index is 12.6. The minimum atomic E-state index is -0.129. The van der Waals surface area contributed by atoms with E-state index in [4.69, 9.17) is 9.15 Å². The molecule has 1 fully saturated rings. The van der Waals surface area contributed by atoms with Gasteiger partial charge >= 0.3 is 0 Å². The minimum absolute atomic E-state index is 0.0931. The third-order valence-electron chi connectivity index (χ3n) is 4.08. The monoisotopic (exact) mass is 339 g/mol. The van der Waals surface area contributed by atoms with E-state index in [1.807, 2.05) is 19.1 Å². The van der Waals surface area contributed by atoms with Crippen molar-refractivity contribution in [3.05, 3.63) is 48.0 Å². The molecule has 0 spiro atoms. The second-order valence-corrected chi connectivity index (χ2v) is 5.94. The highest BCUT2D eigenvalue weighted by atomic mass is 16.5. The van der Waals surface area contributed by atoms with E-state index in [0.717, 1.165) is 12.1 Å². The first-order valence-corrected chi connectivity index (χ1v) is 8.04. The molecule has 0 radical (unpaired) electrons. The van der Waals surface area contributed by atoms with E-state index < -0.39 is 0 Å². The largest absolute Gasteiger partial charge is 0.471 e. The molecule has 0 saturated carbocycles. The van der Waals surface area contributed by atoms with Crippen molar-refractivity contribution in [2.24, 2.45) is 0 Å². The summed E-state index contributed by atoms with van der Waals surface area (Å²) in [6, 6.07) is 8.93. The van der Waals surface area contributed by atoms with E-state index in [2.05, 4.69) is 20.4 Å². The number of H-pyrrole nitrogens is 1. The van der Waals surface area contributed by atoms with Crippen LogP contribution in [0.15, 0.2) is 41.0 Å². The van der Waals surface area contributed by atoms with Gasteiger partial charge < -0.3 is 14.1 Å². The maximum Gasteiger partial charge on any atom is 0.274 e. The molecule has 1 aliphatic rings. The maximum atomic E-state index is 12.6. The van der Waals surface area contributed by atoms with Gasteiger partial charge in [0, 0.05) is 25.1 Å². The van der Waals surface area contributed by atoms with Crippen LogP contribution in [-0.4, -0.2) is 50.4 Å². The summed E-state index contributed by atoms with van der Waals surface area (Å²) in [6.45, 7) is 2.98. The zero-order valence-corrected chi connectivity index (χ0v) is 13.7. The lowest BCUT2D eigenvalue weighted by atomic mass is 10.3. The zero-order valence-electron chi connectivity index (χ0n) is 13.7. The topological polar surface area (TPSA) is 97.1 Å². The van der Waals surface area contributed by atoms with Gasteiger partial charge in [0.25, 0.3) is 5.91 Å². The van der Waals surface area contributed by atoms with Crippen molar-refractivity contribution in [2.45, 2.75) is 19.4 Å². The normalized spacial score (nSPS) is 17.0. The third-order valence-corrected chi connectivity index (χ3v) is 4.08. The van der Waals surface area contributed by atoms with Crippen molar-refractivity contribution >= 4 is 5.91 Å². The van der Waals surface area contributed by atoms with Gasteiger partial charge in [-0.05, 0) is 25.1 Å². The van der Waals surface area contributed by atoms with E-state index >= 15 is 0 Å². The van der Waals surface area contributed by atoms with Crippen LogP contribution < -0.4 is 4.74 Å². The molecular weight excluding hydrogens is 322 g/mol. The summed E-state index contributed by atoms with van der Waals surface area (Å²) in [5.74, 6) is 0.993. The van der Waals surface area contributed by atoms with Gasteiger partial charge in [-0.15, -0.1) is 5.10 Å². The molecule has 1 atom stereocenters. The molecule has 0 aromatic carbocycles. The number of aryl methyl sites for hydroxylation is 1. The van der Waals surface area contributed by atoms with Gasteiger partial charge in [0.15, 0.2) is 11.5 Å². The summed E-state index contributed by atoms with van der Waals surface area (Å²) in [4.78, 5) is 14.3. The van der Waals surface area contributed by atoms with Gasteiger partial charge in [-0.3, -0.25) is 9.89 Å². The fourth-order valence-corrected chi connectivity index (χ4v) is 2.78. The van der Waals surface area contributed by atoms with E-state index in [-0.39, 0.29) is 12.0 Å². The molecule has 1 aliphatic heterocycles. The molecule has 25 heavy (non-hydrogen) atoms.